The normalized spacial score (nSPS) is 13.4. The summed E-state index contributed by atoms with van der Waals surface area (Å²) in [6.45, 7) is 1.96. The molecule has 0 saturated carbocycles. The number of benzene rings is 1. The van der Waals surface area contributed by atoms with E-state index in [0.29, 0.717) is 33.8 Å². The second-order valence-corrected chi connectivity index (χ2v) is 6.62. The van der Waals surface area contributed by atoms with E-state index in [1.165, 1.54) is 18.3 Å². The van der Waals surface area contributed by atoms with E-state index in [-0.39, 0.29) is 11.8 Å². The summed E-state index contributed by atoms with van der Waals surface area (Å²) in [6, 6.07) is 3.54. The third-order valence-corrected chi connectivity index (χ3v) is 4.85. The van der Waals surface area contributed by atoms with Gasteiger partial charge in [0.25, 0.3) is 5.91 Å². The van der Waals surface area contributed by atoms with Crippen LogP contribution >= 0.6 is 22.9 Å². The highest BCUT2D eigenvalue weighted by Crippen LogP contribution is 2.40. The minimum absolute atomic E-state index is 0.222. The Morgan fingerprint density at radius 2 is 2.21 bits per heavy atom. The number of rotatable bonds is 3. The summed E-state index contributed by atoms with van der Waals surface area (Å²) in [7, 11) is 1.57. The van der Waals surface area contributed by atoms with Gasteiger partial charge in [0, 0.05) is 23.9 Å². The summed E-state index contributed by atoms with van der Waals surface area (Å²) in [6.07, 6.45) is 1.61. The largest absolute Gasteiger partial charge is 0.495 e. The minimum atomic E-state index is -0.232. The number of nitrogens with one attached hydrogen (secondary N) is 1. The Hall–Kier alpha value is -2.12. The number of halogens is 1. The van der Waals surface area contributed by atoms with Gasteiger partial charge in [-0.1, -0.05) is 11.6 Å². The molecular weight excluding hydrogens is 350 g/mol. The number of hydrogen-bond donors (Lipinski definition) is 1. The van der Waals surface area contributed by atoms with Gasteiger partial charge >= 0.3 is 0 Å². The molecule has 0 aliphatic carbocycles. The van der Waals surface area contributed by atoms with Crippen molar-refractivity contribution in [2.45, 2.75) is 19.8 Å². The molecule has 2 amide bonds. The van der Waals surface area contributed by atoms with Crippen molar-refractivity contribution in [1.82, 2.24) is 4.98 Å². The van der Waals surface area contributed by atoms with E-state index in [2.05, 4.69) is 10.3 Å². The Kier molecular flexibility index (Phi) is 4.73. The summed E-state index contributed by atoms with van der Waals surface area (Å²) in [5, 5.41) is 5.25. The number of carbonyl (C=O) groups is 2. The standard InChI is InChI=1S/C16H16ClN3O3S/c1-9(21)18-16-19-12(8-24-16)15(22)20-7-3-4-10-11(17)5-6-13(23-2)14(10)20/h5-6,8H,3-4,7H2,1-2H3,(H,18,19,21). The molecule has 0 saturated heterocycles. The van der Waals surface area contributed by atoms with Gasteiger partial charge in [0.2, 0.25) is 5.91 Å². The molecule has 1 aliphatic rings. The first-order valence-corrected chi connectivity index (χ1v) is 8.67. The van der Waals surface area contributed by atoms with Crippen LogP contribution in [0.15, 0.2) is 17.5 Å². The molecule has 8 heteroatoms. The van der Waals surface area contributed by atoms with Crippen LogP contribution < -0.4 is 15.0 Å². The molecule has 3 rings (SSSR count). The quantitative estimate of drug-likeness (QED) is 0.905. The number of thiazole rings is 1. The van der Waals surface area contributed by atoms with Crippen molar-refractivity contribution in [2.75, 3.05) is 23.9 Å². The van der Waals surface area contributed by atoms with Crippen LogP contribution in [0.2, 0.25) is 5.02 Å². The predicted octanol–water partition coefficient (Wildman–Crippen LogP) is 3.36. The topological polar surface area (TPSA) is 71.5 Å². The lowest BCUT2D eigenvalue weighted by atomic mass is 10.0. The highest BCUT2D eigenvalue weighted by molar-refractivity contribution is 7.14. The highest BCUT2D eigenvalue weighted by atomic mass is 35.5. The molecule has 0 bridgehead atoms. The number of aromatic nitrogens is 1. The van der Waals surface area contributed by atoms with Gasteiger partial charge in [0.1, 0.15) is 11.4 Å². The minimum Gasteiger partial charge on any atom is -0.495 e. The summed E-state index contributed by atoms with van der Waals surface area (Å²) in [5.41, 5.74) is 1.90. The lowest BCUT2D eigenvalue weighted by molar-refractivity contribution is -0.114. The molecule has 0 spiro atoms. The van der Waals surface area contributed by atoms with Crippen LogP contribution in [0, 0.1) is 0 Å². The zero-order chi connectivity index (χ0) is 17.3. The van der Waals surface area contributed by atoms with Crippen molar-refractivity contribution in [3.63, 3.8) is 0 Å². The van der Waals surface area contributed by atoms with Crippen LogP contribution in [0.3, 0.4) is 0 Å². The maximum atomic E-state index is 12.9. The van der Waals surface area contributed by atoms with Gasteiger partial charge in [-0.2, -0.15) is 0 Å². The molecule has 126 valence electrons. The second-order valence-electron chi connectivity index (χ2n) is 5.36. The van der Waals surface area contributed by atoms with Crippen molar-refractivity contribution in [3.05, 3.63) is 33.8 Å². The van der Waals surface area contributed by atoms with Gasteiger partial charge in [-0.3, -0.25) is 9.59 Å². The molecule has 0 unspecified atom stereocenters. The average Bonchev–Trinajstić information content (AvgIpc) is 3.02. The van der Waals surface area contributed by atoms with Crippen molar-refractivity contribution >= 4 is 45.6 Å². The predicted molar refractivity (Wildman–Crippen MR) is 94.4 cm³/mol. The Labute approximate surface area is 148 Å². The SMILES string of the molecule is COc1ccc(Cl)c2c1N(C(=O)c1csc(NC(C)=O)n1)CCC2. The van der Waals surface area contributed by atoms with Crippen LogP contribution in [0.1, 0.15) is 29.4 Å². The van der Waals surface area contributed by atoms with E-state index >= 15 is 0 Å². The average molecular weight is 366 g/mol. The maximum Gasteiger partial charge on any atom is 0.277 e. The van der Waals surface area contributed by atoms with Crippen molar-refractivity contribution in [2.24, 2.45) is 0 Å². The van der Waals surface area contributed by atoms with Crippen LogP contribution in [-0.2, 0) is 11.2 Å². The summed E-state index contributed by atoms with van der Waals surface area (Å²) in [4.78, 5) is 29.9. The lowest BCUT2D eigenvalue weighted by Gasteiger charge is -2.31. The number of fused-ring (bicyclic) bond motifs is 1. The van der Waals surface area contributed by atoms with E-state index in [4.69, 9.17) is 16.3 Å². The molecule has 0 radical (unpaired) electrons. The van der Waals surface area contributed by atoms with Crippen LogP contribution in [0.25, 0.3) is 0 Å². The lowest BCUT2D eigenvalue weighted by Crippen LogP contribution is -2.36. The zero-order valence-electron chi connectivity index (χ0n) is 13.3. The number of carbonyl (C=O) groups excluding carboxylic acids is 2. The van der Waals surface area contributed by atoms with E-state index in [0.717, 1.165) is 18.4 Å². The maximum absolute atomic E-state index is 12.9. The van der Waals surface area contributed by atoms with Crippen molar-refractivity contribution < 1.29 is 14.3 Å². The molecule has 6 nitrogen and oxygen atoms in total. The number of amides is 2. The number of nitrogens with zero attached hydrogens (tertiary/aromatic N) is 2. The Morgan fingerprint density at radius 3 is 2.92 bits per heavy atom. The molecule has 0 atom stereocenters. The van der Waals surface area contributed by atoms with Gasteiger partial charge in [-0.15, -0.1) is 11.3 Å². The highest BCUT2D eigenvalue weighted by Gasteiger charge is 2.29. The smallest absolute Gasteiger partial charge is 0.277 e. The Bertz CT molecular complexity index is 806. The van der Waals surface area contributed by atoms with Crippen molar-refractivity contribution in [1.29, 1.82) is 0 Å². The number of ether oxygens (including phenoxy) is 1. The van der Waals surface area contributed by atoms with E-state index in [1.54, 1.807) is 29.5 Å². The first kappa shape index (κ1) is 16.7. The van der Waals surface area contributed by atoms with Crippen LogP contribution in [-0.4, -0.2) is 30.5 Å². The molecule has 1 aromatic heterocycles. The van der Waals surface area contributed by atoms with Crippen LogP contribution in [0.5, 0.6) is 5.75 Å². The van der Waals surface area contributed by atoms with E-state index in [1.807, 2.05) is 0 Å². The molecule has 1 aliphatic heterocycles. The van der Waals surface area contributed by atoms with Gasteiger partial charge in [-0.05, 0) is 30.5 Å². The van der Waals surface area contributed by atoms with Crippen LogP contribution in [0.4, 0.5) is 10.8 Å². The molecule has 24 heavy (non-hydrogen) atoms. The Balaban J connectivity index is 1.97. The van der Waals surface area contributed by atoms with Gasteiger partial charge in [0.05, 0.1) is 12.8 Å². The zero-order valence-corrected chi connectivity index (χ0v) is 14.8. The van der Waals surface area contributed by atoms with E-state index in [9.17, 15) is 9.59 Å². The van der Waals surface area contributed by atoms with Gasteiger partial charge < -0.3 is 15.0 Å². The van der Waals surface area contributed by atoms with Gasteiger partial charge in [0.15, 0.2) is 5.13 Å². The number of anilines is 2. The third-order valence-electron chi connectivity index (χ3n) is 3.74. The first-order chi connectivity index (χ1) is 11.5. The fraction of sp³-hybridized carbons (Fsp3) is 0.312. The van der Waals surface area contributed by atoms with Gasteiger partial charge in [-0.25, -0.2) is 4.98 Å². The first-order valence-electron chi connectivity index (χ1n) is 7.41. The second kappa shape index (κ2) is 6.78. The summed E-state index contributed by atoms with van der Waals surface area (Å²) in [5.74, 6) is 0.157. The summed E-state index contributed by atoms with van der Waals surface area (Å²) >= 11 is 7.51. The molecule has 2 aromatic rings. The monoisotopic (exact) mass is 365 g/mol. The Morgan fingerprint density at radius 1 is 1.42 bits per heavy atom. The third kappa shape index (κ3) is 3.09. The summed E-state index contributed by atoms with van der Waals surface area (Å²) < 4.78 is 5.41. The number of hydrogen-bond acceptors (Lipinski definition) is 5. The number of methoxy groups -OCH3 is 1. The molecule has 1 N–H and O–H groups in total. The molecule has 2 heterocycles. The van der Waals surface area contributed by atoms with Crippen molar-refractivity contribution in [3.8, 4) is 5.75 Å². The molecular formula is C16H16ClN3O3S. The van der Waals surface area contributed by atoms with E-state index < -0.39 is 0 Å². The fourth-order valence-corrected chi connectivity index (χ4v) is 3.71. The molecule has 1 aromatic carbocycles. The molecule has 0 fully saturated rings. The fourth-order valence-electron chi connectivity index (χ4n) is 2.74.